The number of rotatable bonds is 5. The fraction of sp³-hybridized carbons (Fsp3) is 0.200. The molecule has 0 radical (unpaired) electrons. The van der Waals surface area contributed by atoms with Gasteiger partial charge in [0.15, 0.2) is 0 Å². The number of halogens is 1. The third-order valence-corrected chi connectivity index (χ3v) is 4.43. The average molecular weight is 415 g/mol. The second-order valence-corrected chi connectivity index (χ2v) is 6.67. The Labute approximate surface area is 160 Å². The summed E-state index contributed by atoms with van der Waals surface area (Å²) in [7, 11) is 1.61. The van der Waals surface area contributed by atoms with Crippen LogP contribution in [0.2, 0.25) is 0 Å². The highest BCUT2D eigenvalue weighted by molar-refractivity contribution is 9.10. The van der Waals surface area contributed by atoms with E-state index in [1.165, 1.54) is 0 Å². The number of aromatic nitrogens is 1. The molecule has 134 valence electrons. The van der Waals surface area contributed by atoms with Crippen molar-refractivity contribution in [3.63, 3.8) is 0 Å². The van der Waals surface area contributed by atoms with Crippen LogP contribution in [-0.4, -0.2) is 24.7 Å². The second kappa shape index (κ2) is 7.74. The smallest absolute Gasteiger partial charge is 0.341 e. The SMILES string of the molecule is CCOC(=O)c1cnc2ccc(Br)cc2c1Nc1cc(C)ccc1OC. The monoisotopic (exact) mass is 414 g/mol. The Kier molecular flexibility index (Phi) is 5.42. The molecule has 0 amide bonds. The molecule has 0 aliphatic rings. The molecule has 0 atom stereocenters. The largest absolute Gasteiger partial charge is 0.495 e. The minimum Gasteiger partial charge on any atom is -0.495 e. The number of nitrogens with one attached hydrogen (secondary N) is 1. The number of esters is 1. The summed E-state index contributed by atoms with van der Waals surface area (Å²) in [5, 5.41) is 4.17. The van der Waals surface area contributed by atoms with Gasteiger partial charge in [-0.1, -0.05) is 22.0 Å². The number of fused-ring (bicyclic) bond motifs is 1. The Balaban J connectivity index is 2.21. The maximum atomic E-state index is 12.5. The number of ether oxygens (including phenoxy) is 2. The number of methoxy groups -OCH3 is 1. The third kappa shape index (κ3) is 3.65. The van der Waals surface area contributed by atoms with E-state index in [2.05, 4.69) is 26.2 Å². The van der Waals surface area contributed by atoms with Gasteiger partial charge in [0.05, 0.1) is 30.6 Å². The van der Waals surface area contributed by atoms with Crippen LogP contribution in [0.4, 0.5) is 11.4 Å². The number of aryl methyl sites for hydroxylation is 1. The van der Waals surface area contributed by atoms with Crippen LogP contribution in [0.1, 0.15) is 22.8 Å². The van der Waals surface area contributed by atoms with Crippen molar-refractivity contribution >= 4 is 44.2 Å². The van der Waals surface area contributed by atoms with Crippen molar-refractivity contribution in [1.82, 2.24) is 4.98 Å². The zero-order valence-electron chi connectivity index (χ0n) is 14.8. The van der Waals surface area contributed by atoms with Gasteiger partial charge in [0, 0.05) is 16.1 Å². The molecule has 0 bridgehead atoms. The number of carbonyl (C=O) groups is 1. The quantitative estimate of drug-likeness (QED) is 0.578. The Hall–Kier alpha value is -2.60. The number of anilines is 2. The van der Waals surface area contributed by atoms with E-state index in [1.54, 1.807) is 20.2 Å². The number of nitrogens with zero attached hydrogens (tertiary/aromatic N) is 1. The molecule has 5 nitrogen and oxygen atoms in total. The van der Waals surface area contributed by atoms with E-state index < -0.39 is 5.97 Å². The Morgan fingerprint density at radius 2 is 2.04 bits per heavy atom. The predicted octanol–water partition coefficient (Wildman–Crippen LogP) is 5.23. The molecule has 0 aliphatic carbocycles. The average Bonchev–Trinajstić information content (AvgIpc) is 2.62. The summed E-state index contributed by atoms with van der Waals surface area (Å²) >= 11 is 3.49. The molecule has 6 heteroatoms. The van der Waals surface area contributed by atoms with Gasteiger partial charge in [-0.15, -0.1) is 0 Å². The van der Waals surface area contributed by atoms with Gasteiger partial charge in [-0.3, -0.25) is 4.98 Å². The first-order valence-corrected chi connectivity index (χ1v) is 8.99. The van der Waals surface area contributed by atoms with E-state index in [4.69, 9.17) is 9.47 Å². The van der Waals surface area contributed by atoms with E-state index in [9.17, 15) is 4.79 Å². The summed E-state index contributed by atoms with van der Waals surface area (Å²) in [4.78, 5) is 16.9. The van der Waals surface area contributed by atoms with E-state index in [0.717, 1.165) is 26.6 Å². The molecule has 1 N–H and O–H groups in total. The van der Waals surface area contributed by atoms with Crippen LogP contribution in [0.15, 0.2) is 47.1 Å². The van der Waals surface area contributed by atoms with Gasteiger partial charge in [0.1, 0.15) is 11.3 Å². The van der Waals surface area contributed by atoms with Crippen LogP contribution in [0, 0.1) is 6.92 Å². The number of benzene rings is 2. The summed E-state index contributed by atoms with van der Waals surface area (Å²) in [5.74, 6) is 0.265. The molecular weight excluding hydrogens is 396 g/mol. The summed E-state index contributed by atoms with van der Waals surface area (Å²) in [6.07, 6.45) is 1.54. The van der Waals surface area contributed by atoms with E-state index >= 15 is 0 Å². The first-order valence-electron chi connectivity index (χ1n) is 8.20. The van der Waals surface area contributed by atoms with Gasteiger partial charge >= 0.3 is 5.97 Å². The van der Waals surface area contributed by atoms with Gasteiger partial charge in [0.2, 0.25) is 0 Å². The Morgan fingerprint density at radius 3 is 2.77 bits per heavy atom. The molecule has 3 rings (SSSR count). The topological polar surface area (TPSA) is 60.5 Å². The van der Waals surface area contributed by atoms with Gasteiger partial charge in [-0.25, -0.2) is 4.79 Å². The van der Waals surface area contributed by atoms with Crippen LogP contribution in [-0.2, 0) is 4.74 Å². The number of hydrogen-bond acceptors (Lipinski definition) is 5. The van der Waals surface area contributed by atoms with Crippen LogP contribution in [0.5, 0.6) is 5.75 Å². The highest BCUT2D eigenvalue weighted by Crippen LogP contribution is 2.35. The van der Waals surface area contributed by atoms with Crippen molar-refractivity contribution in [2.75, 3.05) is 19.0 Å². The molecule has 0 unspecified atom stereocenters. The van der Waals surface area contributed by atoms with E-state index in [0.29, 0.717) is 23.6 Å². The fourth-order valence-corrected chi connectivity index (χ4v) is 3.08. The maximum Gasteiger partial charge on any atom is 0.341 e. The standard InChI is InChI=1S/C20H19BrN2O3/c1-4-26-20(24)15-11-22-16-7-6-13(21)10-14(16)19(15)23-17-9-12(2)5-8-18(17)25-3/h5-11H,4H2,1-3H3,(H,22,23). The minimum atomic E-state index is -0.420. The first kappa shape index (κ1) is 18.2. The van der Waals surface area contributed by atoms with Gasteiger partial charge < -0.3 is 14.8 Å². The summed E-state index contributed by atoms with van der Waals surface area (Å²) in [6.45, 7) is 4.07. The van der Waals surface area contributed by atoms with Crippen molar-refractivity contribution in [2.24, 2.45) is 0 Å². The van der Waals surface area contributed by atoms with Crippen molar-refractivity contribution in [3.05, 3.63) is 58.2 Å². The molecule has 0 saturated carbocycles. The molecule has 3 aromatic rings. The van der Waals surface area contributed by atoms with E-state index in [-0.39, 0.29) is 0 Å². The highest BCUT2D eigenvalue weighted by Gasteiger charge is 2.18. The number of carbonyl (C=O) groups excluding carboxylic acids is 1. The Bertz CT molecular complexity index is 973. The lowest BCUT2D eigenvalue weighted by molar-refractivity contribution is 0.0527. The van der Waals surface area contributed by atoms with Crippen molar-refractivity contribution in [1.29, 1.82) is 0 Å². The summed E-state index contributed by atoms with van der Waals surface area (Å²) < 4.78 is 11.6. The molecule has 2 aromatic carbocycles. The fourth-order valence-electron chi connectivity index (χ4n) is 2.72. The van der Waals surface area contributed by atoms with E-state index in [1.807, 2.05) is 43.3 Å². The van der Waals surface area contributed by atoms with Crippen molar-refractivity contribution in [3.8, 4) is 5.75 Å². The predicted molar refractivity (Wildman–Crippen MR) is 106 cm³/mol. The highest BCUT2D eigenvalue weighted by atomic mass is 79.9. The normalized spacial score (nSPS) is 10.6. The molecule has 1 heterocycles. The van der Waals surface area contributed by atoms with Crippen LogP contribution < -0.4 is 10.1 Å². The van der Waals surface area contributed by atoms with Crippen LogP contribution in [0.25, 0.3) is 10.9 Å². The lowest BCUT2D eigenvalue weighted by Gasteiger charge is -2.17. The summed E-state index contributed by atoms with van der Waals surface area (Å²) in [6, 6.07) is 11.6. The lowest BCUT2D eigenvalue weighted by Crippen LogP contribution is -2.09. The molecule has 1 aromatic heterocycles. The van der Waals surface area contributed by atoms with Gasteiger partial charge in [-0.05, 0) is 49.7 Å². The molecular formula is C20H19BrN2O3. The third-order valence-electron chi connectivity index (χ3n) is 3.94. The Morgan fingerprint density at radius 1 is 1.23 bits per heavy atom. The number of pyridine rings is 1. The zero-order valence-corrected chi connectivity index (χ0v) is 16.4. The van der Waals surface area contributed by atoms with Gasteiger partial charge in [0.25, 0.3) is 0 Å². The molecule has 0 spiro atoms. The first-order chi connectivity index (χ1) is 12.5. The maximum absolute atomic E-state index is 12.5. The van der Waals surface area contributed by atoms with Crippen molar-refractivity contribution < 1.29 is 14.3 Å². The molecule has 0 aliphatic heterocycles. The lowest BCUT2D eigenvalue weighted by atomic mass is 10.1. The number of hydrogen-bond donors (Lipinski definition) is 1. The minimum absolute atomic E-state index is 0.294. The molecule has 26 heavy (non-hydrogen) atoms. The van der Waals surface area contributed by atoms with Crippen LogP contribution in [0.3, 0.4) is 0 Å². The molecule has 0 saturated heterocycles. The summed E-state index contributed by atoms with van der Waals surface area (Å²) in [5.41, 5.74) is 3.63. The zero-order chi connectivity index (χ0) is 18.7. The second-order valence-electron chi connectivity index (χ2n) is 5.76. The van der Waals surface area contributed by atoms with Crippen molar-refractivity contribution in [2.45, 2.75) is 13.8 Å². The van der Waals surface area contributed by atoms with Crippen LogP contribution >= 0.6 is 15.9 Å². The molecule has 0 fully saturated rings. The van der Waals surface area contributed by atoms with Gasteiger partial charge in [-0.2, -0.15) is 0 Å².